The fraction of sp³-hybridized carbons (Fsp3) is 0.500. The summed E-state index contributed by atoms with van der Waals surface area (Å²) in [6, 6.07) is 5.71. The molecule has 2 N–H and O–H groups in total. The number of hydroxylamine groups is 1. The van der Waals surface area contributed by atoms with E-state index < -0.39 is 5.91 Å². The first-order valence-electron chi connectivity index (χ1n) is 6.38. The van der Waals surface area contributed by atoms with Crippen LogP contribution < -0.4 is 10.2 Å². The molecule has 18 heavy (non-hydrogen) atoms. The Labute approximate surface area is 108 Å². The Morgan fingerprint density at radius 2 is 2.17 bits per heavy atom. The molecule has 0 unspecified atom stereocenters. The number of nitrogens with one attached hydrogen (secondary N) is 1. The molecule has 0 aromatic heterocycles. The Morgan fingerprint density at radius 1 is 1.39 bits per heavy atom. The third-order valence-electron chi connectivity index (χ3n) is 2.75. The summed E-state index contributed by atoms with van der Waals surface area (Å²) in [5.74, 6) is 0.482. The Bertz CT molecular complexity index is 391. The summed E-state index contributed by atoms with van der Waals surface area (Å²) in [5, 5.41) is 8.50. The lowest BCUT2D eigenvalue weighted by atomic mass is 10.1. The molecule has 0 heterocycles. The van der Waals surface area contributed by atoms with E-state index in [1.807, 2.05) is 18.2 Å². The maximum Gasteiger partial charge on any atom is 0.247 e. The van der Waals surface area contributed by atoms with Crippen molar-refractivity contribution in [3.8, 4) is 5.75 Å². The number of carbonyl (C=O) groups is 1. The average molecular weight is 251 g/mol. The van der Waals surface area contributed by atoms with Gasteiger partial charge in [0, 0.05) is 0 Å². The number of unbranched alkanes of at least 4 members (excludes halogenated alkanes) is 1. The highest BCUT2D eigenvalue weighted by Gasteiger charge is 2.06. The van der Waals surface area contributed by atoms with E-state index in [1.54, 1.807) is 5.48 Å². The molecule has 1 aromatic carbocycles. The lowest BCUT2D eigenvalue weighted by Gasteiger charge is -2.11. The van der Waals surface area contributed by atoms with E-state index in [-0.39, 0.29) is 6.42 Å². The molecular formula is C14H21NO3. The zero-order chi connectivity index (χ0) is 13.4. The van der Waals surface area contributed by atoms with Gasteiger partial charge in [0.25, 0.3) is 0 Å². The first-order valence-corrected chi connectivity index (χ1v) is 6.38. The number of ether oxygens (including phenoxy) is 1. The topological polar surface area (TPSA) is 58.6 Å². The Balaban J connectivity index is 2.73. The van der Waals surface area contributed by atoms with E-state index in [0.717, 1.165) is 42.7 Å². The van der Waals surface area contributed by atoms with E-state index in [0.29, 0.717) is 0 Å². The van der Waals surface area contributed by atoms with Crippen LogP contribution in [-0.4, -0.2) is 17.7 Å². The Kier molecular flexibility index (Phi) is 6.22. The molecule has 4 nitrogen and oxygen atoms in total. The van der Waals surface area contributed by atoms with Gasteiger partial charge in [0.15, 0.2) is 0 Å². The zero-order valence-corrected chi connectivity index (χ0v) is 11.0. The van der Waals surface area contributed by atoms with E-state index in [1.165, 1.54) is 0 Å². The Morgan fingerprint density at radius 3 is 2.78 bits per heavy atom. The van der Waals surface area contributed by atoms with Crippen LogP contribution in [0.5, 0.6) is 5.75 Å². The molecule has 0 aliphatic rings. The summed E-state index contributed by atoms with van der Waals surface area (Å²) in [5.41, 5.74) is 3.61. The van der Waals surface area contributed by atoms with Crippen LogP contribution in [0, 0.1) is 0 Å². The van der Waals surface area contributed by atoms with E-state index in [4.69, 9.17) is 9.94 Å². The summed E-state index contributed by atoms with van der Waals surface area (Å²) in [4.78, 5) is 11.1. The minimum atomic E-state index is -0.406. The van der Waals surface area contributed by atoms with Gasteiger partial charge in [-0.3, -0.25) is 10.0 Å². The quantitative estimate of drug-likeness (QED) is 0.444. The molecule has 100 valence electrons. The van der Waals surface area contributed by atoms with Gasteiger partial charge in [-0.25, -0.2) is 5.48 Å². The van der Waals surface area contributed by atoms with Gasteiger partial charge >= 0.3 is 0 Å². The third kappa shape index (κ3) is 4.37. The van der Waals surface area contributed by atoms with Crippen molar-refractivity contribution in [2.45, 2.75) is 39.5 Å². The van der Waals surface area contributed by atoms with Gasteiger partial charge in [0.1, 0.15) is 5.75 Å². The summed E-state index contributed by atoms with van der Waals surface area (Å²) in [6.45, 7) is 4.90. The second-order valence-corrected chi connectivity index (χ2v) is 4.21. The lowest BCUT2D eigenvalue weighted by Crippen LogP contribution is -2.20. The van der Waals surface area contributed by atoms with Gasteiger partial charge in [0.2, 0.25) is 5.91 Å². The van der Waals surface area contributed by atoms with Crippen molar-refractivity contribution in [1.29, 1.82) is 0 Å². The molecule has 1 amide bonds. The summed E-state index contributed by atoms with van der Waals surface area (Å²) >= 11 is 0. The van der Waals surface area contributed by atoms with Crippen molar-refractivity contribution in [2.75, 3.05) is 6.61 Å². The van der Waals surface area contributed by atoms with Crippen LogP contribution in [0.4, 0.5) is 0 Å². The van der Waals surface area contributed by atoms with Gasteiger partial charge in [0.05, 0.1) is 13.0 Å². The van der Waals surface area contributed by atoms with Crippen LogP contribution in [0.15, 0.2) is 18.2 Å². The molecule has 0 bridgehead atoms. The van der Waals surface area contributed by atoms with Crippen LogP contribution in [0.25, 0.3) is 0 Å². The van der Waals surface area contributed by atoms with Gasteiger partial charge in [-0.2, -0.15) is 0 Å². The monoisotopic (exact) mass is 251 g/mol. The van der Waals surface area contributed by atoms with Crippen LogP contribution >= 0.6 is 0 Å². The molecule has 0 saturated carbocycles. The normalized spacial score (nSPS) is 10.2. The standard InChI is InChI=1S/C14H21NO3/c1-3-5-8-18-13-7-6-11(9-12(13)4-2)10-14(16)15-17/h6-7,9,17H,3-5,8,10H2,1-2H3,(H,15,16). The minimum absolute atomic E-state index is 0.179. The van der Waals surface area contributed by atoms with Gasteiger partial charge in [-0.1, -0.05) is 32.4 Å². The maximum atomic E-state index is 11.1. The second-order valence-electron chi connectivity index (χ2n) is 4.21. The number of carbonyl (C=O) groups excluding carboxylic acids is 1. The van der Waals surface area contributed by atoms with Crippen LogP contribution in [0.2, 0.25) is 0 Å². The Hall–Kier alpha value is -1.55. The first kappa shape index (κ1) is 14.5. The molecule has 4 heteroatoms. The van der Waals surface area contributed by atoms with E-state index in [9.17, 15) is 4.79 Å². The lowest BCUT2D eigenvalue weighted by molar-refractivity contribution is -0.128. The molecular weight excluding hydrogens is 230 g/mol. The SMILES string of the molecule is CCCCOc1ccc(CC(=O)NO)cc1CC. The maximum absolute atomic E-state index is 11.1. The highest BCUT2D eigenvalue weighted by atomic mass is 16.5. The summed E-state index contributed by atoms with van der Waals surface area (Å²) in [7, 11) is 0. The van der Waals surface area contributed by atoms with Crippen molar-refractivity contribution < 1.29 is 14.7 Å². The predicted molar refractivity (Wildman–Crippen MR) is 69.9 cm³/mol. The molecule has 1 rings (SSSR count). The van der Waals surface area contributed by atoms with Crippen molar-refractivity contribution in [1.82, 2.24) is 5.48 Å². The zero-order valence-electron chi connectivity index (χ0n) is 11.0. The second kappa shape index (κ2) is 7.71. The van der Waals surface area contributed by atoms with Crippen LogP contribution in [0.3, 0.4) is 0 Å². The highest BCUT2D eigenvalue weighted by Crippen LogP contribution is 2.21. The fourth-order valence-corrected chi connectivity index (χ4v) is 1.71. The highest BCUT2D eigenvalue weighted by molar-refractivity contribution is 5.77. The molecule has 1 aromatic rings. The molecule has 0 radical (unpaired) electrons. The van der Waals surface area contributed by atoms with Crippen molar-refractivity contribution in [3.05, 3.63) is 29.3 Å². The molecule has 0 fully saturated rings. The van der Waals surface area contributed by atoms with Crippen molar-refractivity contribution in [3.63, 3.8) is 0 Å². The largest absolute Gasteiger partial charge is 0.493 e. The van der Waals surface area contributed by atoms with Crippen molar-refractivity contribution in [2.24, 2.45) is 0 Å². The number of hydrogen-bond acceptors (Lipinski definition) is 3. The predicted octanol–water partition coefficient (Wildman–Crippen LogP) is 2.48. The first-order chi connectivity index (χ1) is 8.71. The third-order valence-corrected chi connectivity index (χ3v) is 2.75. The molecule has 0 aliphatic carbocycles. The van der Waals surface area contributed by atoms with Gasteiger partial charge in [-0.15, -0.1) is 0 Å². The fourth-order valence-electron chi connectivity index (χ4n) is 1.71. The average Bonchev–Trinajstić information content (AvgIpc) is 2.40. The van der Waals surface area contributed by atoms with Crippen LogP contribution in [-0.2, 0) is 17.6 Å². The summed E-state index contributed by atoms with van der Waals surface area (Å²) < 4.78 is 5.70. The minimum Gasteiger partial charge on any atom is -0.493 e. The number of hydrogen-bond donors (Lipinski definition) is 2. The summed E-state index contributed by atoms with van der Waals surface area (Å²) in [6.07, 6.45) is 3.18. The van der Waals surface area contributed by atoms with Crippen molar-refractivity contribution >= 4 is 5.91 Å². The molecule has 0 atom stereocenters. The van der Waals surface area contributed by atoms with Crippen LogP contribution in [0.1, 0.15) is 37.8 Å². The number of aryl methyl sites for hydroxylation is 1. The number of rotatable bonds is 7. The van der Waals surface area contributed by atoms with Gasteiger partial charge < -0.3 is 4.74 Å². The van der Waals surface area contributed by atoms with Gasteiger partial charge in [-0.05, 0) is 30.0 Å². The van der Waals surface area contributed by atoms with E-state index in [2.05, 4.69) is 13.8 Å². The smallest absolute Gasteiger partial charge is 0.247 e. The number of benzene rings is 1. The molecule has 0 aliphatic heterocycles. The molecule has 0 spiro atoms. The van der Waals surface area contributed by atoms with E-state index >= 15 is 0 Å². The number of amides is 1. The molecule has 0 saturated heterocycles.